The summed E-state index contributed by atoms with van der Waals surface area (Å²) in [6.07, 6.45) is 6.93. The van der Waals surface area contributed by atoms with Gasteiger partial charge in [-0.05, 0) is 13.8 Å². The Morgan fingerprint density at radius 3 is 2.44 bits per heavy atom. The molecule has 0 bridgehead atoms. The summed E-state index contributed by atoms with van der Waals surface area (Å²) < 4.78 is 0. The molecule has 1 aliphatic heterocycles. The molecule has 18 heavy (non-hydrogen) atoms. The van der Waals surface area contributed by atoms with Crippen LogP contribution in [0.3, 0.4) is 0 Å². The Bertz CT molecular complexity index is 584. The minimum atomic E-state index is 0.158. The maximum absolute atomic E-state index is 4.37. The molecule has 3 rings (SSSR count). The summed E-state index contributed by atoms with van der Waals surface area (Å²) in [6, 6.07) is 0. The van der Waals surface area contributed by atoms with Crippen molar-refractivity contribution in [1.29, 1.82) is 0 Å². The Morgan fingerprint density at radius 1 is 1.06 bits per heavy atom. The lowest BCUT2D eigenvalue weighted by Crippen LogP contribution is -2.36. The van der Waals surface area contributed by atoms with E-state index in [1.807, 2.05) is 26.4 Å². The molecule has 1 aliphatic rings. The largest absolute Gasteiger partial charge is 0.350 e. The van der Waals surface area contributed by atoms with Crippen molar-refractivity contribution in [1.82, 2.24) is 19.9 Å². The normalized spacial score (nSPS) is 18.1. The lowest BCUT2D eigenvalue weighted by atomic mass is 10.3. The Labute approximate surface area is 105 Å². The number of aryl methyl sites for hydroxylation is 1. The van der Waals surface area contributed by atoms with Gasteiger partial charge >= 0.3 is 0 Å². The van der Waals surface area contributed by atoms with E-state index in [-0.39, 0.29) is 6.17 Å². The van der Waals surface area contributed by atoms with Gasteiger partial charge < -0.3 is 4.90 Å². The van der Waals surface area contributed by atoms with Gasteiger partial charge in [-0.25, -0.2) is 19.9 Å². The van der Waals surface area contributed by atoms with Crippen LogP contribution in [0, 0.1) is 6.92 Å². The fourth-order valence-electron chi connectivity index (χ4n) is 2.22. The van der Waals surface area contributed by atoms with Crippen LogP contribution in [0.5, 0.6) is 0 Å². The zero-order valence-electron chi connectivity index (χ0n) is 10.6. The van der Waals surface area contributed by atoms with Gasteiger partial charge in [-0.1, -0.05) is 0 Å². The summed E-state index contributed by atoms with van der Waals surface area (Å²) >= 11 is 0. The average Bonchev–Trinajstić information content (AvgIpc) is 2.64. The molecule has 6 heteroatoms. The number of hydrogen-bond acceptors (Lipinski definition) is 6. The van der Waals surface area contributed by atoms with Crippen LogP contribution in [0.25, 0.3) is 0 Å². The lowest BCUT2D eigenvalue weighted by molar-refractivity contribution is 0.720. The van der Waals surface area contributed by atoms with Gasteiger partial charge in [-0.3, -0.25) is 4.90 Å². The first-order chi connectivity index (χ1) is 8.70. The van der Waals surface area contributed by atoms with Crippen molar-refractivity contribution in [2.75, 3.05) is 16.8 Å². The maximum atomic E-state index is 4.37. The molecule has 2 aromatic rings. The quantitative estimate of drug-likeness (QED) is 0.755. The second-order valence-corrected chi connectivity index (χ2v) is 4.37. The van der Waals surface area contributed by atoms with Crippen molar-refractivity contribution in [2.45, 2.75) is 20.0 Å². The third-order valence-electron chi connectivity index (χ3n) is 3.31. The van der Waals surface area contributed by atoms with Crippen LogP contribution in [-0.2, 0) is 0 Å². The van der Waals surface area contributed by atoms with Crippen molar-refractivity contribution < 1.29 is 0 Å². The van der Waals surface area contributed by atoms with E-state index < -0.39 is 0 Å². The molecule has 0 aliphatic carbocycles. The monoisotopic (exact) mass is 242 g/mol. The van der Waals surface area contributed by atoms with Gasteiger partial charge in [0.1, 0.15) is 30.3 Å². The molecule has 0 aromatic carbocycles. The van der Waals surface area contributed by atoms with Crippen LogP contribution in [0.15, 0.2) is 25.0 Å². The van der Waals surface area contributed by atoms with Crippen LogP contribution in [0.1, 0.15) is 12.5 Å². The molecular formula is C12H14N6. The number of anilines is 3. The van der Waals surface area contributed by atoms with E-state index in [2.05, 4.69) is 36.7 Å². The van der Waals surface area contributed by atoms with Gasteiger partial charge in [-0.15, -0.1) is 0 Å². The molecule has 0 saturated carbocycles. The smallest absolute Gasteiger partial charge is 0.163 e. The third-order valence-corrected chi connectivity index (χ3v) is 3.31. The van der Waals surface area contributed by atoms with Gasteiger partial charge in [-0.2, -0.15) is 0 Å². The van der Waals surface area contributed by atoms with Crippen molar-refractivity contribution in [2.24, 2.45) is 0 Å². The zero-order chi connectivity index (χ0) is 12.7. The van der Waals surface area contributed by atoms with E-state index in [1.54, 1.807) is 12.7 Å². The van der Waals surface area contributed by atoms with Gasteiger partial charge in [0, 0.05) is 18.8 Å². The highest BCUT2D eigenvalue weighted by Gasteiger charge is 2.34. The second-order valence-electron chi connectivity index (χ2n) is 4.37. The van der Waals surface area contributed by atoms with E-state index >= 15 is 0 Å². The molecule has 0 fully saturated rings. The molecule has 0 saturated heterocycles. The molecule has 1 unspecified atom stereocenters. The topological polar surface area (TPSA) is 58.0 Å². The molecule has 0 spiro atoms. The minimum Gasteiger partial charge on any atom is -0.350 e. The average molecular weight is 242 g/mol. The molecule has 0 radical (unpaired) electrons. The number of fused-ring (bicyclic) bond motifs is 1. The Kier molecular flexibility index (Phi) is 2.36. The van der Waals surface area contributed by atoms with Gasteiger partial charge in [0.05, 0.1) is 6.20 Å². The standard InChI is InChI=1S/C12H14N6/c1-8-4-13-6-15-11(8)18-9(2)17(3)10-5-14-7-16-12(10)18/h4-7,9H,1-3H3. The van der Waals surface area contributed by atoms with Crippen LogP contribution in [0.2, 0.25) is 0 Å². The molecule has 0 amide bonds. The van der Waals surface area contributed by atoms with Crippen LogP contribution in [-0.4, -0.2) is 33.1 Å². The van der Waals surface area contributed by atoms with E-state index in [4.69, 9.17) is 0 Å². The highest BCUT2D eigenvalue weighted by atomic mass is 15.4. The summed E-state index contributed by atoms with van der Waals surface area (Å²) in [5.74, 6) is 1.78. The maximum Gasteiger partial charge on any atom is 0.163 e. The predicted molar refractivity (Wildman–Crippen MR) is 68.8 cm³/mol. The summed E-state index contributed by atoms with van der Waals surface area (Å²) in [5, 5.41) is 0. The van der Waals surface area contributed by atoms with Crippen molar-refractivity contribution in [3.8, 4) is 0 Å². The number of rotatable bonds is 1. The first kappa shape index (κ1) is 10.9. The van der Waals surface area contributed by atoms with E-state index in [1.165, 1.54) is 0 Å². The van der Waals surface area contributed by atoms with E-state index in [0.717, 1.165) is 22.9 Å². The first-order valence-corrected chi connectivity index (χ1v) is 5.79. The Morgan fingerprint density at radius 2 is 1.72 bits per heavy atom. The van der Waals surface area contributed by atoms with Crippen molar-refractivity contribution in [3.05, 3.63) is 30.6 Å². The summed E-state index contributed by atoms with van der Waals surface area (Å²) in [5.41, 5.74) is 2.05. The fourth-order valence-corrected chi connectivity index (χ4v) is 2.22. The van der Waals surface area contributed by atoms with Crippen LogP contribution in [0.4, 0.5) is 17.3 Å². The first-order valence-electron chi connectivity index (χ1n) is 5.79. The zero-order valence-corrected chi connectivity index (χ0v) is 10.6. The molecule has 2 aromatic heterocycles. The summed E-state index contributed by atoms with van der Waals surface area (Å²) in [4.78, 5) is 21.1. The van der Waals surface area contributed by atoms with Gasteiger partial charge in [0.25, 0.3) is 0 Å². The molecule has 1 atom stereocenters. The fraction of sp³-hybridized carbons (Fsp3) is 0.333. The molecule has 3 heterocycles. The van der Waals surface area contributed by atoms with Crippen molar-refractivity contribution in [3.63, 3.8) is 0 Å². The number of nitrogens with zero attached hydrogens (tertiary/aromatic N) is 6. The Hall–Kier alpha value is -2.24. The van der Waals surface area contributed by atoms with Crippen molar-refractivity contribution >= 4 is 17.3 Å². The SMILES string of the molecule is Cc1cncnc1N1c2ncncc2N(C)C1C. The highest BCUT2D eigenvalue weighted by molar-refractivity contribution is 5.78. The number of aromatic nitrogens is 4. The molecular weight excluding hydrogens is 228 g/mol. The highest BCUT2D eigenvalue weighted by Crippen LogP contribution is 2.40. The minimum absolute atomic E-state index is 0.158. The van der Waals surface area contributed by atoms with E-state index in [0.29, 0.717) is 0 Å². The summed E-state index contributed by atoms with van der Waals surface area (Å²) in [7, 11) is 2.03. The van der Waals surface area contributed by atoms with Crippen LogP contribution >= 0.6 is 0 Å². The molecule has 6 nitrogen and oxygen atoms in total. The lowest BCUT2D eigenvalue weighted by Gasteiger charge is -2.26. The Balaban J connectivity index is 2.16. The molecule has 0 N–H and O–H groups in total. The second kappa shape index (κ2) is 3.90. The van der Waals surface area contributed by atoms with Gasteiger partial charge in [0.15, 0.2) is 5.82 Å². The van der Waals surface area contributed by atoms with E-state index in [9.17, 15) is 0 Å². The summed E-state index contributed by atoms with van der Waals surface area (Å²) in [6.45, 7) is 4.12. The number of hydrogen-bond donors (Lipinski definition) is 0. The predicted octanol–water partition coefficient (Wildman–Crippen LogP) is 1.51. The molecule has 92 valence electrons. The van der Waals surface area contributed by atoms with Crippen LogP contribution < -0.4 is 9.80 Å². The van der Waals surface area contributed by atoms with Gasteiger partial charge in [0.2, 0.25) is 0 Å². The third kappa shape index (κ3) is 1.42.